The third-order valence-corrected chi connectivity index (χ3v) is 5.57. The van der Waals surface area contributed by atoms with E-state index in [1.54, 1.807) is 13.8 Å². The first-order valence-electron chi connectivity index (χ1n) is 7.66. The summed E-state index contributed by atoms with van der Waals surface area (Å²) in [5, 5.41) is 6.45. The minimum atomic E-state index is -3.71. The number of aromatic nitrogens is 1. The third-order valence-electron chi connectivity index (χ3n) is 3.70. The number of carbonyl (C=O) groups is 1. The molecule has 0 aliphatic rings. The summed E-state index contributed by atoms with van der Waals surface area (Å²) in [7, 11) is -2.29. The van der Waals surface area contributed by atoms with E-state index in [0.717, 1.165) is 16.4 Å². The number of sulfonamides is 1. The molecule has 2 rings (SSSR count). The van der Waals surface area contributed by atoms with Gasteiger partial charge in [0.15, 0.2) is 5.76 Å². The van der Waals surface area contributed by atoms with Crippen molar-refractivity contribution in [2.75, 3.05) is 18.9 Å². The number of hydrogen-bond donors (Lipinski definition) is 1. The second-order valence-corrected chi connectivity index (χ2v) is 7.68. The Bertz CT molecular complexity index is 827. The molecule has 0 spiro atoms. The summed E-state index contributed by atoms with van der Waals surface area (Å²) < 4.78 is 43.7. The normalized spacial score (nSPS) is 11.7. The Hall–Kier alpha value is -2.26. The molecule has 1 amide bonds. The number of anilines is 1. The zero-order valence-electron chi connectivity index (χ0n) is 14.2. The fourth-order valence-electron chi connectivity index (χ4n) is 2.23. The number of hydrogen-bond acceptors (Lipinski definition) is 5. The van der Waals surface area contributed by atoms with Gasteiger partial charge in [-0.1, -0.05) is 5.16 Å². The molecular formula is C16H20FN3O4S. The number of nitrogens with zero attached hydrogens (tertiary/aromatic N) is 2. The van der Waals surface area contributed by atoms with E-state index in [9.17, 15) is 17.6 Å². The van der Waals surface area contributed by atoms with Crippen molar-refractivity contribution in [3.05, 3.63) is 41.5 Å². The Morgan fingerprint density at radius 3 is 2.48 bits per heavy atom. The van der Waals surface area contributed by atoms with Crippen molar-refractivity contribution in [1.82, 2.24) is 9.46 Å². The van der Waals surface area contributed by atoms with Crippen molar-refractivity contribution in [1.29, 1.82) is 0 Å². The fourth-order valence-corrected chi connectivity index (χ4v) is 3.44. The van der Waals surface area contributed by atoms with Crippen molar-refractivity contribution in [3.8, 4) is 0 Å². The summed E-state index contributed by atoms with van der Waals surface area (Å²) in [5.41, 5.74) is 1.12. The molecule has 0 radical (unpaired) electrons. The molecule has 2 aromatic rings. The van der Waals surface area contributed by atoms with Crippen molar-refractivity contribution in [2.45, 2.75) is 31.6 Å². The predicted molar refractivity (Wildman–Crippen MR) is 90.1 cm³/mol. The second kappa shape index (κ2) is 7.75. The predicted octanol–water partition coefficient (Wildman–Crippen LogP) is 2.47. The molecule has 1 aromatic heterocycles. The summed E-state index contributed by atoms with van der Waals surface area (Å²) >= 11 is 0. The molecule has 25 heavy (non-hydrogen) atoms. The van der Waals surface area contributed by atoms with Crippen LogP contribution in [0.5, 0.6) is 0 Å². The SMILES string of the molecule is Cc1noc(C)c1NC(=O)CCCN(C)S(=O)(=O)c1ccc(F)cc1. The molecule has 0 bridgehead atoms. The van der Waals surface area contributed by atoms with Gasteiger partial charge in [-0.15, -0.1) is 0 Å². The van der Waals surface area contributed by atoms with E-state index < -0.39 is 15.8 Å². The lowest BCUT2D eigenvalue weighted by atomic mass is 10.2. The van der Waals surface area contributed by atoms with Gasteiger partial charge in [-0.05, 0) is 44.5 Å². The number of nitrogens with one attached hydrogen (secondary N) is 1. The minimum absolute atomic E-state index is 0.0107. The lowest BCUT2D eigenvalue weighted by Crippen LogP contribution is -2.28. The smallest absolute Gasteiger partial charge is 0.242 e. The average Bonchev–Trinajstić information content (AvgIpc) is 2.87. The van der Waals surface area contributed by atoms with Crippen LogP contribution in [-0.2, 0) is 14.8 Å². The van der Waals surface area contributed by atoms with Crippen LogP contribution in [0.3, 0.4) is 0 Å². The second-order valence-electron chi connectivity index (χ2n) is 5.63. The topological polar surface area (TPSA) is 92.5 Å². The van der Waals surface area contributed by atoms with Gasteiger partial charge >= 0.3 is 0 Å². The highest BCUT2D eigenvalue weighted by atomic mass is 32.2. The van der Waals surface area contributed by atoms with E-state index in [4.69, 9.17) is 4.52 Å². The van der Waals surface area contributed by atoms with E-state index in [1.807, 2.05) is 0 Å². The highest BCUT2D eigenvalue weighted by Gasteiger charge is 2.21. The molecule has 1 aromatic carbocycles. The van der Waals surface area contributed by atoms with Crippen LogP contribution in [0.4, 0.5) is 10.1 Å². The van der Waals surface area contributed by atoms with Gasteiger partial charge in [-0.3, -0.25) is 4.79 Å². The van der Waals surface area contributed by atoms with Gasteiger partial charge in [0, 0.05) is 20.0 Å². The van der Waals surface area contributed by atoms with Gasteiger partial charge in [0.1, 0.15) is 17.2 Å². The van der Waals surface area contributed by atoms with Crippen LogP contribution in [-0.4, -0.2) is 37.4 Å². The Balaban J connectivity index is 1.88. The van der Waals surface area contributed by atoms with Crippen molar-refractivity contribution >= 4 is 21.6 Å². The van der Waals surface area contributed by atoms with Gasteiger partial charge in [0.25, 0.3) is 0 Å². The third kappa shape index (κ3) is 4.64. The zero-order valence-corrected chi connectivity index (χ0v) is 15.1. The molecule has 136 valence electrons. The van der Waals surface area contributed by atoms with E-state index in [1.165, 1.54) is 19.2 Å². The Morgan fingerprint density at radius 2 is 1.92 bits per heavy atom. The fraction of sp³-hybridized carbons (Fsp3) is 0.375. The number of rotatable bonds is 7. The molecule has 0 aliphatic carbocycles. The van der Waals surface area contributed by atoms with E-state index in [2.05, 4.69) is 10.5 Å². The lowest BCUT2D eigenvalue weighted by molar-refractivity contribution is -0.116. The van der Waals surface area contributed by atoms with Crippen LogP contribution in [0, 0.1) is 19.7 Å². The number of amides is 1. The molecule has 0 unspecified atom stereocenters. The molecule has 0 fully saturated rings. The van der Waals surface area contributed by atoms with Crippen molar-refractivity contribution in [2.24, 2.45) is 0 Å². The van der Waals surface area contributed by atoms with Crippen LogP contribution in [0.25, 0.3) is 0 Å². The van der Waals surface area contributed by atoms with Gasteiger partial charge in [-0.25, -0.2) is 17.1 Å². The highest BCUT2D eigenvalue weighted by molar-refractivity contribution is 7.89. The van der Waals surface area contributed by atoms with Crippen molar-refractivity contribution in [3.63, 3.8) is 0 Å². The van der Waals surface area contributed by atoms with Gasteiger partial charge < -0.3 is 9.84 Å². The first-order valence-corrected chi connectivity index (χ1v) is 9.10. The molecule has 0 aliphatic heterocycles. The van der Waals surface area contributed by atoms with Crippen LogP contribution < -0.4 is 5.32 Å². The summed E-state index contributed by atoms with van der Waals surface area (Å²) in [4.78, 5) is 12.0. The summed E-state index contributed by atoms with van der Waals surface area (Å²) in [6, 6.07) is 4.62. The monoisotopic (exact) mass is 369 g/mol. The van der Waals surface area contributed by atoms with Crippen LogP contribution >= 0.6 is 0 Å². The first kappa shape index (κ1) is 19.1. The Labute approximate surface area is 145 Å². The minimum Gasteiger partial charge on any atom is -0.359 e. The van der Waals surface area contributed by atoms with Gasteiger partial charge in [0.05, 0.1) is 4.90 Å². The number of benzene rings is 1. The van der Waals surface area contributed by atoms with Gasteiger partial charge in [-0.2, -0.15) is 0 Å². The van der Waals surface area contributed by atoms with Crippen LogP contribution in [0.2, 0.25) is 0 Å². The maximum absolute atomic E-state index is 12.9. The number of carbonyl (C=O) groups excluding carboxylic acids is 1. The maximum atomic E-state index is 12.9. The quantitative estimate of drug-likeness (QED) is 0.809. The lowest BCUT2D eigenvalue weighted by Gasteiger charge is -2.17. The highest BCUT2D eigenvalue weighted by Crippen LogP contribution is 2.19. The molecule has 0 saturated carbocycles. The van der Waals surface area contributed by atoms with E-state index in [-0.39, 0.29) is 23.8 Å². The molecular weight excluding hydrogens is 349 g/mol. The molecule has 1 heterocycles. The zero-order chi connectivity index (χ0) is 18.6. The number of halogens is 1. The van der Waals surface area contributed by atoms with Crippen molar-refractivity contribution < 1.29 is 22.1 Å². The molecule has 1 N–H and O–H groups in total. The van der Waals surface area contributed by atoms with Crippen LogP contribution in [0.15, 0.2) is 33.7 Å². The average molecular weight is 369 g/mol. The summed E-state index contributed by atoms with van der Waals surface area (Å²) in [6.07, 6.45) is 0.486. The summed E-state index contributed by atoms with van der Waals surface area (Å²) in [5.74, 6) is -0.235. The Kier molecular flexibility index (Phi) is 5.91. The molecule has 7 nitrogen and oxygen atoms in total. The molecule has 0 atom stereocenters. The Morgan fingerprint density at radius 1 is 1.28 bits per heavy atom. The molecule has 0 saturated heterocycles. The van der Waals surface area contributed by atoms with E-state index in [0.29, 0.717) is 23.6 Å². The van der Waals surface area contributed by atoms with Gasteiger partial charge in [0.2, 0.25) is 15.9 Å². The van der Waals surface area contributed by atoms with E-state index >= 15 is 0 Å². The molecule has 9 heteroatoms. The largest absolute Gasteiger partial charge is 0.359 e. The maximum Gasteiger partial charge on any atom is 0.242 e. The van der Waals surface area contributed by atoms with Crippen LogP contribution in [0.1, 0.15) is 24.3 Å². The first-order chi connectivity index (χ1) is 11.7. The standard InChI is InChI=1S/C16H20FN3O4S/c1-11-16(12(2)24-19-11)18-15(21)5-4-10-20(3)25(22,23)14-8-6-13(17)7-9-14/h6-9H,4-5,10H2,1-3H3,(H,18,21). The number of aryl methyl sites for hydroxylation is 2. The summed E-state index contributed by atoms with van der Waals surface area (Å²) in [6.45, 7) is 3.57.